The van der Waals surface area contributed by atoms with Gasteiger partial charge in [0.15, 0.2) is 0 Å². The number of thiazole rings is 1. The molecule has 0 saturated carbocycles. The molecule has 0 saturated heterocycles. The van der Waals surface area contributed by atoms with Gasteiger partial charge in [0.05, 0.1) is 24.4 Å². The maximum atomic E-state index is 12.9. The summed E-state index contributed by atoms with van der Waals surface area (Å²) in [6, 6.07) is 13.8. The van der Waals surface area contributed by atoms with Crippen molar-refractivity contribution in [1.82, 2.24) is 4.98 Å². The number of aromatic nitrogens is 1. The molecular formula is C20H19FN2O2S2. The first-order valence-corrected chi connectivity index (χ1v) is 10.3. The van der Waals surface area contributed by atoms with Crippen molar-refractivity contribution in [3.05, 3.63) is 71.0 Å². The van der Waals surface area contributed by atoms with Crippen LogP contribution < -0.4 is 10.1 Å². The smallest absolute Gasteiger partial charge is 0.230 e. The summed E-state index contributed by atoms with van der Waals surface area (Å²) in [6.07, 6.45) is 0.202. The molecule has 2 aromatic carbocycles. The molecule has 4 nitrogen and oxygen atoms in total. The Morgan fingerprint density at radius 3 is 2.78 bits per heavy atom. The van der Waals surface area contributed by atoms with Crippen LogP contribution in [0.2, 0.25) is 0 Å². The largest absolute Gasteiger partial charge is 0.492 e. The number of amides is 1. The summed E-state index contributed by atoms with van der Waals surface area (Å²) in [7, 11) is 0. The van der Waals surface area contributed by atoms with Gasteiger partial charge in [-0.15, -0.1) is 11.3 Å². The van der Waals surface area contributed by atoms with Crippen LogP contribution in [0.3, 0.4) is 0 Å². The van der Waals surface area contributed by atoms with Crippen molar-refractivity contribution in [2.75, 3.05) is 11.9 Å². The van der Waals surface area contributed by atoms with E-state index >= 15 is 0 Å². The van der Waals surface area contributed by atoms with Gasteiger partial charge in [0.25, 0.3) is 0 Å². The highest BCUT2D eigenvalue weighted by atomic mass is 32.2. The molecule has 0 unspecified atom stereocenters. The second-order valence-corrected chi connectivity index (χ2v) is 7.75. The number of carbonyl (C=O) groups is 1. The number of nitrogens with zero attached hydrogens (tertiary/aromatic N) is 1. The van der Waals surface area contributed by atoms with E-state index in [0.29, 0.717) is 23.8 Å². The summed E-state index contributed by atoms with van der Waals surface area (Å²) in [5.41, 5.74) is 2.42. The van der Waals surface area contributed by atoms with Crippen molar-refractivity contribution in [1.29, 1.82) is 0 Å². The molecule has 0 aliphatic heterocycles. The van der Waals surface area contributed by atoms with Gasteiger partial charge in [-0.05, 0) is 36.8 Å². The predicted molar refractivity (Wildman–Crippen MR) is 108 cm³/mol. The molecule has 0 bridgehead atoms. The van der Waals surface area contributed by atoms with E-state index in [-0.39, 0.29) is 18.1 Å². The molecule has 0 atom stereocenters. The van der Waals surface area contributed by atoms with Crippen LogP contribution in [0.25, 0.3) is 0 Å². The molecule has 140 valence electrons. The number of hydrogen-bond donors (Lipinski definition) is 1. The Bertz CT molecular complexity index is 897. The zero-order valence-electron chi connectivity index (χ0n) is 14.8. The van der Waals surface area contributed by atoms with Gasteiger partial charge < -0.3 is 10.1 Å². The topological polar surface area (TPSA) is 51.2 Å². The number of hydrogen-bond acceptors (Lipinski definition) is 5. The van der Waals surface area contributed by atoms with Crippen molar-refractivity contribution >= 4 is 34.7 Å². The van der Waals surface area contributed by atoms with Crippen LogP contribution in [-0.4, -0.2) is 17.5 Å². The lowest BCUT2D eigenvalue weighted by atomic mass is 10.2. The summed E-state index contributed by atoms with van der Waals surface area (Å²) < 4.78 is 19.3. The van der Waals surface area contributed by atoms with E-state index in [9.17, 15) is 9.18 Å². The highest BCUT2D eigenvalue weighted by molar-refractivity contribution is 8.00. The lowest BCUT2D eigenvalue weighted by Crippen LogP contribution is -2.15. The van der Waals surface area contributed by atoms with Gasteiger partial charge in [0.1, 0.15) is 15.9 Å². The fourth-order valence-electron chi connectivity index (χ4n) is 2.37. The number of halogens is 1. The standard InChI is InChI=1S/C20H19FN2O2S2/c1-2-25-18-6-4-3-5-17(18)23-19(24)11-16-13-27-20(22-16)26-12-14-7-9-15(21)10-8-14/h3-10,13H,2,11-12H2,1H3,(H,23,24). The first kappa shape index (κ1) is 19.4. The molecule has 1 heterocycles. The number of nitrogens with one attached hydrogen (secondary N) is 1. The third kappa shape index (κ3) is 5.80. The van der Waals surface area contributed by atoms with Gasteiger partial charge in [0, 0.05) is 11.1 Å². The van der Waals surface area contributed by atoms with Crippen molar-refractivity contribution in [3.8, 4) is 5.75 Å². The molecule has 0 aliphatic carbocycles. The van der Waals surface area contributed by atoms with E-state index in [0.717, 1.165) is 15.6 Å². The second-order valence-electron chi connectivity index (χ2n) is 5.67. The molecule has 7 heteroatoms. The lowest BCUT2D eigenvalue weighted by molar-refractivity contribution is -0.115. The number of para-hydroxylation sites is 2. The summed E-state index contributed by atoms with van der Waals surface area (Å²) in [4.78, 5) is 16.8. The zero-order chi connectivity index (χ0) is 19.1. The van der Waals surface area contributed by atoms with Crippen LogP contribution in [0.5, 0.6) is 5.75 Å². The first-order chi connectivity index (χ1) is 13.1. The average molecular weight is 403 g/mol. The van der Waals surface area contributed by atoms with Gasteiger partial charge in [0.2, 0.25) is 5.91 Å². The SMILES string of the molecule is CCOc1ccccc1NC(=O)Cc1csc(SCc2ccc(F)cc2)n1. The Balaban J connectivity index is 1.54. The molecule has 3 rings (SSSR count). The molecule has 1 amide bonds. The van der Waals surface area contributed by atoms with E-state index in [4.69, 9.17) is 4.74 Å². The Morgan fingerprint density at radius 1 is 1.22 bits per heavy atom. The highest BCUT2D eigenvalue weighted by Crippen LogP contribution is 2.27. The van der Waals surface area contributed by atoms with E-state index in [2.05, 4.69) is 10.3 Å². The summed E-state index contributed by atoms with van der Waals surface area (Å²) >= 11 is 3.08. The number of anilines is 1. The number of ether oxygens (including phenoxy) is 1. The van der Waals surface area contributed by atoms with E-state index < -0.39 is 0 Å². The third-order valence-electron chi connectivity index (χ3n) is 3.61. The minimum absolute atomic E-state index is 0.137. The fourth-order valence-corrected chi connectivity index (χ4v) is 4.17. The molecule has 1 aromatic heterocycles. The molecule has 0 radical (unpaired) electrons. The fraction of sp³-hybridized carbons (Fsp3) is 0.200. The van der Waals surface area contributed by atoms with Gasteiger partial charge in [-0.25, -0.2) is 9.37 Å². The Labute approximate surface area is 165 Å². The van der Waals surface area contributed by atoms with Crippen molar-refractivity contribution in [2.45, 2.75) is 23.4 Å². The quantitative estimate of drug-likeness (QED) is 0.529. The second kappa shape index (κ2) is 9.53. The Kier molecular flexibility index (Phi) is 6.84. The molecule has 1 N–H and O–H groups in total. The minimum atomic E-state index is -0.239. The monoisotopic (exact) mass is 402 g/mol. The maximum absolute atomic E-state index is 12.9. The Morgan fingerprint density at radius 2 is 2.00 bits per heavy atom. The van der Waals surface area contributed by atoms with Gasteiger partial charge >= 0.3 is 0 Å². The van der Waals surface area contributed by atoms with Gasteiger partial charge in [-0.2, -0.15) is 0 Å². The molecule has 27 heavy (non-hydrogen) atoms. The predicted octanol–water partition coefficient (Wildman–Crippen LogP) is 5.15. The number of rotatable bonds is 8. The van der Waals surface area contributed by atoms with Crippen molar-refractivity contribution < 1.29 is 13.9 Å². The van der Waals surface area contributed by atoms with Crippen LogP contribution in [-0.2, 0) is 17.0 Å². The van der Waals surface area contributed by atoms with Crippen LogP contribution in [0.4, 0.5) is 10.1 Å². The van der Waals surface area contributed by atoms with Crippen molar-refractivity contribution in [3.63, 3.8) is 0 Å². The molecule has 0 spiro atoms. The molecule has 3 aromatic rings. The highest BCUT2D eigenvalue weighted by Gasteiger charge is 2.11. The number of carbonyl (C=O) groups excluding carboxylic acids is 1. The zero-order valence-corrected chi connectivity index (χ0v) is 16.4. The van der Waals surface area contributed by atoms with Crippen molar-refractivity contribution in [2.24, 2.45) is 0 Å². The number of benzene rings is 2. The molecular weight excluding hydrogens is 383 g/mol. The van der Waals surface area contributed by atoms with E-state index in [1.54, 1.807) is 23.9 Å². The van der Waals surface area contributed by atoms with Gasteiger partial charge in [-0.1, -0.05) is 36.0 Å². The summed E-state index contributed by atoms with van der Waals surface area (Å²) in [5.74, 6) is 0.989. The van der Waals surface area contributed by atoms with E-state index in [1.165, 1.54) is 23.5 Å². The maximum Gasteiger partial charge on any atom is 0.230 e. The summed E-state index contributed by atoms with van der Waals surface area (Å²) in [5, 5.41) is 4.76. The third-order valence-corrected chi connectivity index (χ3v) is 5.75. The van der Waals surface area contributed by atoms with Crippen LogP contribution in [0.1, 0.15) is 18.2 Å². The summed E-state index contributed by atoms with van der Waals surface area (Å²) in [6.45, 7) is 2.44. The van der Waals surface area contributed by atoms with Crippen LogP contribution in [0, 0.1) is 5.82 Å². The Hall–Kier alpha value is -2.38. The van der Waals surface area contributed by atoms with Crippen LogP contribution >= 0.6 is 23.1 Å². The average Bonchev–Trinajstić information content (AvgIpc) is 3.10. The van der Waals surface area contributed by atoms with E-state index in [1.807, 2.05) is 36.6 Å². The van der Waals surface area contributed by atoms with Gasteiger partial charge in [-0.3, -0.25) is 4.79 Å². The molecule has 0 fully saturated rings. The molecule has 0 aliphatic rings. The minimum Gasteiger partial charge on any atom is -0.492 e. The normalized spacial score (nSPS) is 10.6. The number of thioether (sulfide) groups is 1. The van der Waals surface area contributed by atoms with Crippen LogP contribution in [0.15, 0.2) is 58.3 Å². The first-order valence-electron chi connectivity index (χ1n) is 8.47. The lowest BCUT2D eigenvalue weighted by Gasteiger charge is -2.10.